The van der Waals surface area contributed by atoms with Crippen LogP contribution in [0.2, 0.25) is 0 Å². The standard InChI is InChI=1S/C38H30N2P2/c1-40-35-28-37(42(32-23-13-5-14-24-32)33-25-15-6-16-26-33)36(27-34(35)39-38(40)29-17-7-2-8-18-29)41(30-19-9-3-10-20-30)31-21-11-4-12-22-31/h2-28H,1H3. The molecule has 0 atom stereocenters. The second kappa shape index (κ2) is 11.9. The number of aryl methyl sites for hydroxylation is 1. The summed E-state index contributed by atoms with van der Waals surface area (Å²) >= 11 is 0. The highest BCUT2D eigenvalue weighted by Gasteiger charge is 2.27. The van der Waals surface area contributed by atoms with Crippen LogP contribution in [-0.4, -0.2) is 9.55 Å². The van der Waals surface area contributed by atoms with Crippen molar-refractivity contribution < 1.29 is 0 Å². The van der Waals surface area contributed by atoms with Gasteiger partial charge >= 0.3 is 0 Å². The Morgan fingerprint density at radius 1 is 0.452 bits per heavy atom. The first-order valence-corrected chi connectivity index (χ1v) is 16.8. The van der Waals surface area contributed by atoms with Crippen LogP contribution >= 0.6 is 15.8 Å². The predicted octanol–water partition coefficient (Wildman–Crippen LogP) is 6.76. The van der Waals surface area contributed by atoms with Crippen LogP contribution in [0.3, 0.4) is 0 Å². The Labute approximate surface area is 249 Å². The number of nitrogens with zero attached hydrogens (tertiary/aromatic N) is 2. The van der Waals surface area contributed by atoms with Crippen LogP contribution in [0, 0.1) is 0 Å². The van der Waals surface area contributed by atoms with Gasteiger partial charge < -0.3 is 4.57 Å². The van der Waals surface area contributed by atoms with E-state index in [1.165, 1.54) is 31.8 Å². The van der Waals surface area contributed by atoms with Gasteiger partial charge in [-0.25, -0.2) is 4.98 Å². The summed E-state index contributed by atoms with van der Waals surface area (Å²) in [6, 6.07) is 59.4. The minimum Gasteiger partial charge on any atom is -0.327 e. The summed E-state index contributed by atoms with van der Waals surface area (Å²) in [5.41, 5.74) is 3.31. The summed E-state index contributed by atoms with van der Waals surface area (Å²) in [4.78, 5) is 5.24. The van der Waals surface area contributed by atoms with E-state index in [1.807, 2.05) is 0 Å². The SMILES string of the molecule is Cn1c(-c2ccccc2)nc2cc(P(c3ccccc3)c3ccccc3)c(P(c3ccccc3)c3ccccc3)cc21. The lowest BCUT2D eigenvalue weighted by Crippen LogP contribution is -2.34. The highest BCUT2D eigenvalue weighted by Crippen LogP contribution is 2.40. The van der Waals surface area contributed by atoms with Gasteiger partial charge in [-0.1, -0.05) is 152 Å². The summed E-state index contributed by atoms with van der Waals surface area (Å²) in [6.45, 7) is 0. The van der Waals surface area contributed by atoms with E-state index in [2.05, 4.69) is 175 Å². The molecule has 0 bridgehead atoms. The molecule has 6 aromatic carbocycles. The van der Waals surface area contributed by atoms with E-state index in [4.69, 9.17) is 4.98 Å². The van der Waals surface area contributed by atoms with Gasteiger partial charge in [0, 0.05) is 12.6 Å². The lowest BCUT2D eigenvalue weighted by atomic mass is 10.2. The Hall–Kier alpha value is -4.35. The average molecular weight is 577 g/mol. The van der Waals surface area contributed by atoms with Crippen LogP contribution in [0.1, 0.15) is 0 Å². The third kappa shape index (κ3) is 5.10. The molecular formula is C38H30N2P2. The summed E-state index contributed by atoms with van der Waals surface area (Å²) < 4.78 is 2.26. The summed E-state index contributed by atoms with van der Waals surface area (Å²) in [5, 5.41) is 8.13. The van der Waals surface area contributed by atoms with E-state index < -0.39 is 15.8 Å². The second-order valence-electron chi connectivity index (χ2n) is 10.2. The van der Waals surface area contributed by atoms with Gasteiger partial charge in [0.2, 0.25) is 0 Å². The molecule has 7 aromatic rings. The first-order valence-electron chi connectivity index (χ1n) is 14.1. The van der Waals surface area contributed by atoms with Crippen molar-refractivity contribution in [2.75, 3.05) is 0 Å². The molecule has 42 heavy (non-hydrogen) atoms. The molecule has 0 saturated carbocycles. The molecule has 0 spiro atoms. The highest BCUT2D eigenvalue weighted by atomic mass is 31.1. The van der Waals surface area contributed by atoms with Crippen LogP contribution < -0.4 is 31.8 Å². The molecule has 7 rings (SSSR count). The van der Waals surface area contributed by atoms with Crippen molar-refractivity contribution in [2.45, 2.75) is 0 Å². The fourth-order valence-electron chi connectivity index (χ4n) is 5.58. The van der Waals surface area contributed by atoms with E-state index >= 15 is 0 Å². The van der Waals surface area contributed by atoms with Gasteiger partial charge in [0.1, 0.15) is 5.82 Å². The Morgan fingerprint density at radius 2 is 0.810 bits per heavy atom. The second-order valence-corrected chi connectivity index (χ2v) is 14.6. The smallest absolute Gasteiger partial charge is 0.140 e. The largest absolute Gasteiger partial charge is 0.327 e. The van der Waals surface area contributed by atoms with Crippen molar-refractivity contribution in [1.82, 2.24) is 9.55 Å². The van der Waals surface area contributed by atoms with Gasteiger partial charge in [0.15, 0.2) is 0 Å². The first kappa shape index (κ1) is 26.5. The van der Waals surface area contributed by atoms with Crippen molar-refractivity contribution in [3.05, 3.63) is 164 Å². The van der Waals surface area contributed by atoms with Crippen LogP contribution in [0.15, 0.2) is 164 Å². The molecule has 1 heterocycles. The Kier molecular flexibility index (Phi) is 7.50. The van der Waals surface area contributed by atoms with Gasteiger partial charge in [0.05, 0.1) is 11.0 Å². The first-order chi connectivity index (χ1) is 20.8. The Morgan fingerprint density at radius 3 is 1.21 bits per heavy atom. The maximum absolute atomic E-state index is 5.24. The zero-order valence-corrected chi connectivity index (χ0v) is 25.2. The fraction of sp³-hybridized carbons (Fsp3) is 0.0263. The van der Waals surface area contributed by atoms with Crippen molar-refractivity contribution in [1.29, 1.82) is 0 Å². The van der Waals surface area contributed by atoms with Gasteiger partial charge in [-0.15, -0.1) is 0 Å². The molecule has 0 aliphatic rings. The molecule has 0 amide bonds. The van der Waals surface area contributed by atoms with E-state index in [9.17, 15) is 0 Å². The average Bonchev–Trinajstić information content (AvgIpc) is 3.39. The van der Waals surface area contributed by atoms with E-state index in [1.54, 1.807) is 0 Å². The van der Waals surface area contributed by atoms with Crippen LogP contribution in [-0.2, 0) is 7.05 Å². The van der Waals surface area contributed by atoms with Crippen molar-refractivity contribution >= 4 is 58.7 Å². The monoisotopic (exact) mass is 576 g/mol. The Balaban J connectivity index is 1.57. The van der Waals surface area contributed by atoms with Gasteiger partial charge in [0.25, 0.3) is 0 Å². The Bertz CT molecular complexity index is 1840. The molecule has 0 N–H and O–H groups in total. The molecule has 4 heteroatoms. The zero-order chi connectivity index (χ0) is 28.3. The molecule has 1 aromatic heterocycles. The summed E-state index contributed by atoms with van der Waals surface area (Å²) in [7, 11) is 0.468. The van der Waals surface area contributed by atoms with Gasteiger partial charge in [-0.3, -0.25) is 0 Å². The number of fused-ring (bicyclic) bond motifs is 1. The molecule has 202 valence electrons. The lowest BCUT2D eigenvalue weighted by Gasteiger charge is -2.27. The molecule has 2 nitrogen and oxygen atoms in total. The van der Waals surface area contributed by atoms with Crippen LogP contribution in [0.5, 0.6) is 0 Å². The maximum Gasteiger partial charge on any atom is 0.140 e. The number of rotatable bonds is 7. The topological polar surface area (TPSA) is 17.8 Å². The molecular weight excluding hydrogens is 546 g/mol. The molecule has 0 aliphatic heterocycles. The van der Waals surface area contributed by atoms with Crippen molar-refractivity contribution in [3.8, 4) is 11.4 Å². The quantitative estimate of drug-likeness (QED) is 0.192. The fourth-order valence-corrected chi connectivity index (χ4v) is 10.9. The summed E-state index contributed by atoms with van der Waals surface area (Å²) in [5.74, 6) is 0.987. The molecule has 0 saturated heterocycles. The van der Waals surface area contributed by atoms with Crippen LogP contribution in [0.25, 0.3) is 22.4 Å². The highest BCUT2D eigenvalue weighted by molar-refractivity contribution is 7.85. The maximum atomic E-state index is 5.24. The predicted molar refractivity (Wildman–Crippen MR) is 184 cm³/mol. The van der Waals surface area contributed by atoms with Crippen molar-refractivity contribution in [2.24, 2.45) is 7.05 Å². The molecule has 0 radical (unpaired) electrons. The number of hydrogen-bond donors (Lipinski definition) is 0. The lowest BCUT2D eigenvalue weighted by molar-refractivity contribution is 0.960. The third-order valence-corrected chi connectivity index (χ3v) is 12.7. The molecule has 0 fully saturated rings. The van der Waals surface area contributed by atoms with E-state index in [-0.39, 0.29) is 0 Å². The number of aromatic nitrogens is 2. The molecule has 0 unspecified atom stereocenters. The minimum atomic E-state index is -0.841. The van der Waals surface area contributed by atoms with Crippen molar-refractivity contribution in [3.63, 3.8) is 0 Å². The van der Waals surface area contributed by atoms with Crippen LogP contribution in [0.4, 0.5) is 0 Å². The number of imidazole rings is 1. The van der Waals surface area contributed by atoms with Gasteiger partial charge in [-0.2, -0.15) is 0 Å². The minimum absolute atomic E-state index is 0.835. The number of benzene rings is 6. The normalized spacial score (nSPS) is 11.4. The summed E-state index contributed by atoms with van der Waals surface area (Å²) in [6.07, 6.45) is 0. The van der Waals surface area contributed by atoms with E-state index in [0.29, 0.717) is 0 Å². The van der Waals surface area contributed by atoms with E-state index in [0.717, 1.165) is 22.4 Å². The molecule has 0 aliphatic carbocycles. The number of hydrogen-bond acceptors (Lipinski definition) is 1. The zero-order valence-electron chi connectivity index (χ0n) is 23.4. The third-order valence-electron chi connectivity index (χ3n) is 7.55. The van der Waals surface area contributed by atoms with Gasteiger partial charge in [-0.05, 0) is 59.8 Å².